The highest BCUT2D eigenvalue weighted by Gasteiger charge is 2.15. The van der Waals surface area contributed by atoms with Crippen molar-refractivity contribution in [2.45, 2.75) is 12.5 Å². The van der Waals surface area contributed by atoms with Crippen molar-refractivity contribution in [3.63, 3.8) is 0 Å². The summed E-state index contributed by atoms with van der Waals surface area (Å²) >= 11 is 11.6. The van der Waals surface area contributed by atoms with Gasteiger partial charge in [0.15, 0.2) is 5.22 Å². The van der Waals surface area contributed by atoms with Crippen LogP contribution in [0.5, 0.6) is 0 Å². The van der Waals surface area contributed by atoms with Crippen LogP contribution >= 0.6 is 23.2 Å². The van der Waals surface area contributed by atoms with E-state index in [4.69, 9.17) is 33.4 Å². The number of furan rings is 1. The molecule has 1 aromatic heterocycles. The van der Waals surface area contributed by atoms with E-state index in [9.17, 15) is 4.39 Å². The first-order valence-electron chi connectivity index (χ1n) is 5.00. The highest BCUT2D eigenvalue weighted by Crippen LogP contribution is 2.26. The summed E-state index contributed by atoms with van der Waals surface area (Å²) in [5.74, 6) is -0.329. The molecule has 17 heavy (non-hydrogen) atoms. The Kier molecular flexibility index (Phi) is 3.72. The molecule has 0 spiro atoms. The molecule has 5 heteroatoms. The lowest BCUT2D eigenvalue weighted by molar-refractivity contribution is 0.557. The quantitative estimate of drug-likeness (QED) is 0.919. The maximum Gasteiger partial charge on any atom is 0.197 e. The van der Waals surface area contributed by atoms with Gasteiger partial charge in [-0.2, -0.15) is 0 Å². The second kappa shape index (κ2) is 5.08. The molecule has 0 aliphatic rings. The molecule has 1 heterocycles. The predicted octanol–water partition coefficient (Wildman–Crippen LogP) is 3.97. The van der Waals surface area contributed by atoms with Crippen LogP contribution in [0.1, 0.15) is 17.2 Å². The number of rotatable bonds is 3. The summed E-state index contributed by atoms with van der Waals surface area (Å²) in [7, 11) is 0. The number of nitrogens with two attached hydrogens (primary N) is 1. The molecule has 2 rings (SSSR count). The first kappa shape index (κ1) is 12.4. The first-order chi connectivity index (χ1) is 8.08. The van der Waals surface area contributed by atoms with Gasteiger partial charge in [0, 0.05) is 16.6 Å². The Morgan fingerprint density at radius 3 is 2.71 bits per heavy atom. The van der Waals surface area contributed by atoms with E-state index in [1.165, 1.54) is 18.4 Å². The van der Waals surface area contributed by atoms with Gasteiger partial charge in [-0.25, -0.2) is 4.39 Å². The topological polar surface area (TPSA) is 39.2 Å². The van der Waals surface area contributed by atoms with E-state index in [0.29, 0.717) is 22.6 Å². The molecular weight excluding hydrogens is 264 g/mol. The van der Waals surface area contributed by atoms with Crippen molar-refractivity contribution < 1.29 is 8.81 Å². The lowest BCUT2D eigenvalue weighted by Crippen LogP contribution is -2.13. The molecule has 2 N–H and O–H groups in total. The van der Waals surface area contributed by atoms with Crippen LogP contribution in [0.4, 0.5) is 4.39 Å². The molecule has 1 aromatic carbocycles. The maximum atomic E-state index is 13.5. The van der Waals surface area contributed by atoms with Crippen molar-refractivity contribution in [1.82, 2.24) is 0 Å². The van der Waals surface area contributed by atoms with Gasteiger partial charge in [0.25, 0.3) is 0 Å². The van der Waals surface area contributed by atoms with Gasteiger partial charge < -0.3 is 10.2 Å². The summed E-state index contributed by atoms with van der Waals surface area (Å²) in [5, 5.41) is 0.715. The van der Waals surface area contributed by atoms with Gasteiger partial charge in [0.1, 0.15) is 5.82 Å². The third-order valence-corrected chi connectivity index (χ3v) is 3.04. The number of hydrogen-bond donors (Lipinski definition) is 1. The molecule has 0 aliphatic carbocycles. The fraction of sp³-hybridized carbons (Fsp3) is 0.167. The number of benzene rings is 1. The van der Waals surface area contributed by atoms with Gasteiger partial charge in [-0.05, 0) is 47.9 Å². The molecule has 1 atom stereocenters. The van der Waals surface area contributed by atoms with Gasteiger partial charge >= 0.3 is 0 Å². The Hall–Kier alpha value is -1.03. The van der Waals surface area contributed by atoms with E-state index in [1.807, 2.05) is 0 Å². The van der Waals surface area contributed by atoms with Crippen molar-refractivity contribution in [2.75, 3.05) is 0 Å². The van der Waals surface area contributed by atoms with Crippen LogP contribution in [0.3, 0.4) is 0 Å². The van der Waals surface area contributed by atoms with E-state index in [-0.39, 0.29) is 11.0 Å². The Morgan fingerprint density at radius 1 is 1.29 bits per heavy atom. The van der Waals surface area contributed by atoms with Gasteiger partial charge in [0.05, 0.1) is 6.26 Å². The minimum atomic E-state index is -0.422. The Morgan fingerprint density at radius 2 is 2.06 bits per heavy atom. The van der Waals surface area contributed by atoms with Gasteiger partial charge in [-0.1, -0.05) is 11.6 Å². The van der Waals surface area contributed by atoms with Gasteiger partial charge in [0.2, 0.25) is 0 Å². The summed E-state index contributed by atoms with van der Waals surface area (Å²) in [5.41, 5.74) is 7.06. The van der Waals surface area contributed by atoms with Gasteiger partial charge in [-0.15, -0.1) is 0 Å². The summed E-state index contributed by atoms with van der Waals surface area (Å²) < 4.78 is 18.4. The predicted molar refractivity (Wildman–Crippen MR) is 65.8 cm³/mol. The number of hydrogen-bond acceptors (Lipinski definition) is 2. The molecule has 0 saturated heterocycles. The highest BCUT2D eigenvalue weighted by atomic mass is 35.5. The Bertz CT molecular complexity index is 527. The first-order valence-corrected chi connectivity index (χ1v) is 5.76. The Balaban J connectivity index is 2.21. The standard InChI is InChI=1S/C12H10Cl2FNO/c13-8-1-2-10(15)7(5-8)6-11(16)9-3-4-17-12(9)14/h1-5,11H,6,16H2. The smallest absolute Gasteiger partial charge is 0.197 e. The largest absolute Gasteiger partial charge is 0.453 e. The minimum Gasteiger partial charge on any atom is -0.453 e. The fourth-order valence-corrected chi connectivity index (χ4v) is 2.07. The summed E-state index contributed by atoms with van der Waals surface area (Å²) in [4.78, 5) is 0. The maximum absolute atomic E-state index is 13.5. The zero-order chi connectivity index (χ0) is 12.4. The second-order valence-corrected chi connectivity index (χ2v) is 4.48. The summed E-state index contributed by atoms with van der Waals surface area (Å²) in [6.45, 7) is 0. The molecule has 0 amide bonds. The van der Waals surface area contributed by atoms with Crippen LogP contribution in [0, 0.1) is 5.82 Å². The zero-order valence-electron chi connectivity index (χ0n) is 8.79. The molecule has 0 aliphatic heterocycles. The van der Waals surface area contributed by atoms with E-state index in [1.54, 1.807) is 12.1 Å². The molecular formula is C12H10Cl2FNO. The van der Waals surface area contributed by atoms with Crippen molar-refractivity contribution in [3.05, 3.63) is 57.7 Å². The van der Waals surface area contributed by atoms with Crippen LogP contribution in [0.2, 0.25) is 10.2 Å². The lowest BCUT2D eigenvalue weighted by Gasteiger charge is -2.11. The average Bonchev–Trinajstić information content (AvgIpc) is 2.70. The third kappa shape index (κ3) is 2.80. The molecule has 90 valence electrons. The molecule has 0 bridgehead atoms. The average molecular weight is 274 g/mol. The molecule has 1 unspecified atom stereocenters. The van der Waals surface area contributed by atoms with Gasteiger partial charge in [-0.3, -0.25) is 0 Å². The summed E-state index contributed by atoms with van der Waals surface area (Å²) in [6, 6.07) is 5.63. The minimum absolute atomic E-state index is 0.236. The second-order valence-electron chi connectivity index (χ2n) is 3.70. The van der Waals surface area contributed by atoms with Crippen LogP contribution in [-0.4, -0.2) is 0 Å². The number of halogens is 3. The SMILES string of the molecule is NC(Cc1cc(Cl)ccc1F)c1ccoc1Cl. The van der Waals surface area contributed by atoms with E-state index in [2.05, 4.69) is 0 Å². The van der Waals surface area contributed by atoms with E-state index >= 15 is 0 Å². The van der Waals surface area contributed by atoms with Crippen molar-refractivity contribution in [3.8, 4) is 0 Å². The molecule has 2 aromatic rings. The molecule has 2 nitrogen and oxygen atoms in total. The zero-order valence-corrected chi connectivity index (χ0v) is 10.3. The van der Waals surface area contributed by atoms with Crippen LogP contribution < -0.4 is 5.73 Å². The lowest BCUT2D eigenvalue weighted by atomic mass is 10.0. The molecule has 0 radical (unpaired) electrons. The fourth-order valence-electron chi connectivity index (χ4n) is 1.62. The highest BCUT2D eigenvalue weighted by molar-refractivity contribution is 6.30. The molecule has 0 saturated carbocycles. The van der Waals surface area contributed by atoms with Crippen LogP contribution in [-0.2, 0) is 6.42 Å². The third-order valence-electron chi connectivity index (χ3n) is 2.49. The van der Waals surface area contributed by atoms with Crippen molar-refractivity contribution >= 4 is 23.2 Å². The monoisotopic (exact) mass is 273 g/mol. The normalized spacial score (nSPS) is 12.7. The van der Waals surface area contributed by atoms with Crippen LogP contribution in [0.15, 0.2) is 34.9 Å². The van der Waals surface area contributed by atoms with Crippen molar-refractivity contribution in [2.24, 2.45) is 5.73 Å². The van der Waals surface area contributed by atoms with Crippen molar-refractivity contribution in [1.29, 1.82) is 0 Å². The Labute approximate surface area is 108 Å². The summed E-state index contributed by atoms with van der Waals surface area (Å²) in [6.07, 6.45) is 1.76. The van der Waals surface area contributed by atoms with Crippen LogP contribution in [0.25, 0.3) is 0 Å². The van der Waals surface area contributed by atoms with E-state index < -0.39 is 6.04 Å². The van der Waals surface area contributed by atoms with E-state index in [0.717, 1.165) is 0 Å². The molecule has 0 fully saturated rings.